The summed E-state index contributed by atoms with van der Waals surface area (Å²) in [6.07, 6.45) is 6.37. The quantitative estimate of drug-likeness (QED) is 0.632. The van der Waals surface area contributed by atoms with Crippen molar-refractivity contribution < 1.29 is 14.6 Å². The second-order valence-corrected chi connectivity index (χ2v) is 4.58. The Labute approximate surface area is 112 Å². The van der Waals surface area contributed by atoms with E-state index >= 15 is 0 Å². The van der Waals surface area contributed by atoms with Gasteiger partial charge in [0.25, 0.3) is 0 Å². The molecule has 1 fully saturated rings. The largest absolute Gasteiger partial charge is 0.495 e. The van der Waals surface area contributed by atoms with Gasteiger partial charge in [-0.1, -0.05) is 12.8 Å². The molecule has 0 atom stereocenters. The molecule has 5 heteroatoms. The summed E-state index contributed by atoms with van der Waals surface area (Å²) in [6.45, 7) is 0. The molecule has 1 aliphatic rings. The summed E-state index contributed by atoms with van der Waals surface area (Å²) in [5.74, 6) is -0.360. The summed E-state index contributed by atoms with van der Waals surface area (Å²) in [5.41, 5.74) is 0.835. The minimum Gasteiger partial charge on any atom is -0.495 e. The number of ether oxygens (including phenoxy) is 1. The first kappa shape index (κ1) is 13.4. The number of nitrogens with zero attached hydrogens (tertiary/aromatic N) is 1. The van der Waals surface area contributed by atoms with Crippen LogP contribution in [0.2, 0.25) is 0 Å². The molecule has 1 aromatic carbocycles. The lowest BCUT2D eigenvalue weighted by atomic mass is 10.2. The molecule has 0 bridgehead atoms. The average Bonchev–Trinajstić information content (AvgIpc) is 2.91. The van der Waals surface area contributed by atoms with Gasteiger partial charge in [0.2, 0.25) is 0 Å². The third-order valence-corrected chi connectivity index (χ3v) is 3.28. The first-order valence-electron chi connectivity index (χ1n) is 6.40. The van der Waals surface area contributed by atoms with Crippen LogP contribution in [0.15, 0.2) is 23.2 Å². The van der Waals surface area contributed by atoms with E-state index < -0.39 is 5.97 Å². The van der Waals surface area contributed by atoms with E-state index in [1.807, 2.05) is 0 Å². The van der Waals surface area contributed by atoms with Gasteiger partial charge in [-0.2, -0.15) is 0 Å². The Kier molecular flexibility index (Phi) is 4.39. The van der Waals surface area contributed by atoms with Crippen LogP contribution in [0.25, 0.3) is 0 Å². The third kappa shape index (κ3) is 3.47. The molecule has 0 heterocycles. The highest BCUT2D eigenvalue weighted by molar-refractivity contribution is 5.91. The lowest BCUT2D eigenvalue weighted by Gasteiger charge is -2.09. The number of carboxylic acids is 1. The highest BCUT2D eigenvalue weighted by Crippen LogP contribution is 2.25. The monoisotopic (exact) mass is 262 g/mol. The van der Waals surface area contributed by atoms with Crippen LogP contribution in [-0.4, -0.2) is 30.6 Å². The van der Waals surface area contributed by atoms with E-state index in [2.05, 4.69) is 10.3 Å². The SMILES string of the molecule is COc1ccc(C(=O)O)cc1NC=NC1CCCC1. The van der Waals surface area contributed by atoms with Crippen molar-refractivity contribution in [2.45, 2.75) is 31.7 Å². The van der Waals surface area contributed by atoms with Crippen molar-refractivity contribution in [2.75, 3.05) is 12.4 Å². The van der Waals surface area contributed by atoms with E-state index in [1.54, 1.807) is 25.6 Å². The van der Waals surface area contributed by atoms with Gasteiger partial charge in [0.15, 0.2) is 0 Å². The number of rotatable bonds is 5. The Bertz CT molecular complexity index is 480. The minimum atomic E-state index is -0.960. The molecule has 0 amide bonds. The molecule has 2 rings (SSSR count). The normalized spacial score (nSPS) is 15.8. The van der Waals surface area contributed by atoms with Crippen molar-refractivity contribution in [1.29, 1.82) is 0 Å². The maximum atomic E-state index is 10.9. The van der Waals surface area contributed by atoms with E-state index in [0.717, 1.165) is 12.8 Å². The van der Waals surface area contributed by atoms with Crippen molar-refractivity contribution in [3.05, 3.63) is 23.8 Å². The summed E-state index contributed by atoms with van der Waals surface area (Å²) in [5, 5.41) is 12.0. The number of aliphatic imine (C=N–C) groups is 1. The van der Waals surface area contributed by atoms with Crippen molar-refractivity contribution in [3.63, 3.8) is 0 Å². The Morgan fingerprint density at radius 3 is 2.84 bits per heavy atom. The van der Waals surface area contributed by atoms with Gasteiger partial charge in [0, 0.05) is 0 Å². The van der Waals surface area contributed by atoms with Crippen LogP contribution in [0.1, 0.15) is 36.0 Å². The Morgan fingerprint density at radius 2 is 2.21 bits per heavy atom. The lowest BCUT2D eigenvalue weighted by Crippen LogP contribution is -2.04. The van der Waals surface area contributed by atoms with Crippen molar-refractivity contribution >= 4 is 18.0 Å². The van der Waals surface area contributed by atoms with Crippen molar-refractivity contribution in [1.82, 2.24) is 0 Å². The van der Waals surface area contributed by atoms with Crippen LogP contribution in [0.4, 0.5) is 5.69 Å². The standard InChI is InChI=1S/C14H18N2O3/c1-19-13-7-6-10(14(17)18)8-12(13)16-9-15-11-4-2-3-5-11/h6-9,11H,2-5H2,1H3,(H,15,16)(H,17,18). The molecule has 5 nitrogen and oxygen atoms in total. The minimum absolute atomic E-state index is 0.220. The molecule has 19 heavy (non-hydrogen) atoms. The van der Waals surface area contributed by atoms with E-state index in [1.165, 1.54) is 18.9 Å². The van der Waals surface area contributed by atoms with Gasteiger partial charge in [0.05, 0.1) is 30.7 Å². The number of carbonyl (C=O) groups is 1. The summed E-state index contributed by atoms with van der Waals surface area (Å²) in [7, 11) is 1.55. The molecule has 0 saturated heterocycles. The van der Waals surface area contributed by atoms with Crippen molar-refractivity contribution in [3.8, 4) is 5.75 Å². The summed E-state index contributed by atoms with van der Waals surface area (Å²) in [4.78, 5) is 15.4. The summed E-state index contributed by atoms with van der Waals surface area (Å²) < 4.78 is 5.19. The molecule has 1 aliphatic carbocycles. The predicted octanol–water partition coefficient (Wildman–Crippen LogP) is 2.78. The Hall–Kier alpha value is -2.04. The molecule has 2 N–H and O–H groups in total. The Balaban J connectivity index is 2.08. The number of anilines is 1. The highest BCUT2D eigenvalue weighted by atomic mass is 16.5. The highest BCUT2D eigenvalue weighted by Gasteiger charge is 2.12. The van der Waals surface area contributed by atoms with E-state index in [-0.39, 0.29) is 5.56 Å². The van der Waals surface area contributed by atoms with Crippen molar-refractivity contribution in [2.24, 2.45) is 4.99 Å². The molecule has 102 valence electrons. The molecular weight excluding hydrogens is 244 g/mol. The zero-order valence-corrected chi connectivity index (χ0v) is 10.9. The zero-order chi connectivity index (χ0) is 13.7. The average molecular weight is 262 g/mol. The second-order valence-electron chi connectivity index (χ2n) is 4.58. The van der Waals surface area contributed by atoms with Gasteiger partial charge in [-0.25, -0.2) is 4.79 Å². The van der Waals surface area contributed by atoms with E-state index in [9.17, 15) is 4.79 Å². The molecule has 0 aromatic heterocycles. The van der Waals surface area contributed by atoms with Gasteiger partial charge in [-0.3, -0.25) is 4.99 Å². The fraction of sp³-hybridized carbons (Fsp3) is 0.429. The molecule has 1 aromatic rings. The Morgan fingerprint density at radius 1 is 1.47 bits per heavy atom. The van der Waals surface area contributed by atoms with Gasteiger partial charge < -0.3 is 15.2 Å². The first-order chi connectivity index (χ1) is 9.20. The van der Waals surface area contributed by atoms with Crippen LogP contribution < -0.4 is 10.1 Å². The van der Waals surface area contributed by atoms with Gasteiger partial charge in [-0.05, 0) is 31.0 Å². The topological polar surface area (TPSA) is 70.9 Å². The smallest absolute Gasteiger partial charge is 0.335 e. The first-order valence-corrected chi connectivity index (χ1v) is 6.40. The molecule has 0 aliphatic heterocycles. The second kappa shape index (κ2) is 6.22. The molecule has 1 saturated carbocycles. The van der Waals surface area contributed by atoms with Gasteiger partial charge in [0.1, 0.15) is 5.75 Å². The molecule has 0 unspecified atom stereocenters. The number of hydrogen-bond acceptors (Lipinski definition) is 3. The molecular formula is C14H18N2O3. The maximum Gasteiger partial charge on any atom is 0.335 e. The summed E-state index contributed by atoms with van der Waals surface area (Å²) >= 11 is 0. The van der Waals surface area contributed by atoms with E-state index in [4.69, 9.17) is 9.84 Å². The zero-order valence-electron chi connectivity index (χ0n) is 10.9. The number of nitrogens with one attached hydrogen (secondary N) is 1. The number of hydrogen-bond donors (Lipinski definition) is 2. The van der Waals surface area contributed by atoms with Gasteiger partial charge in [-0.15, -0.1) is 0 Å². The fourth-order valence-electron chi connectivity index (χ4n) is 2.22. The predicted molar refractivity (Wildman–Crippen MR) is 74.3 cm³/mol. The molecule has 0 spiro atoms. The van der Waals surface area contributed by atoms with E-state index in [0.29, 0.717) is 17.5 Å². The van der Waals surface area contributed by atoms with Gasteiger partial charge >= 0.3 is 5.97 Å². The number of benzene rings is 1. The fourth-order valence-corrected chi connectivity index (χ4v) is 2.22. The van der Waals surface area contributed by atoms with Crippen LogP contribution in [0.3, 0.4) is 0 Å². The summed E-state index contributed by atoms with van der Waals surface area (Å²) in [6, 6.07) is 5.08. The maximum absolute atomic E-state index is 10.9. The number of methoxy groups -OCH3 is 1. The number of carboxylic acid groups (broad SMARTS) is 1. The van der Waals surface area contributed by atoms with Crippen LogP contribution in [0, 0.1) is 0 Å². The van der Waals surface area contributed by atoms with Crippen LogP contribution >= 0.6 is 0 Å². The van der Waals surface area contributed by atoms with Crippen LogP contribution in [-0.2, 0) is 0 Å². The van der Waals surface area contributed by atoms with Crippen LogP contribution in [0.5, 0.6) is 5.75 Å². The molecule has 0 radical (unpaired) electrons. The number of aromatic carboxylic acids is 1. The third-order valence-electron chi connectivity index (χ3n) is 3.28. The lowest BCUT2D eigenvalue weighted by molar-refractivity contribution is 0.0697.